The number of carbonyl (C=O) groups is 1. The molecule has 5 nitrogen and oxygen atoms in total. The first-order valence-corrected chi connectivity index (χ1v) is 8.28. The van der Waals surface area contributed by atoms with E-state index < -0.39 is 0 Å². The van der Waals surface area contributed by atoms with Gasteiger partial charge in [0.25, 0.3) is 5.91 Å². The molecule has 0 bridgehead atoms. The molecule has 26 heavy (non-hydrogen) atoms. The van der Waals surface area contributed by atoms with Crippen LogP contribution in [-0.4, -0.2) is 16.1 Å². The predicted octanol–water partition coefficient (Wildman–Crippen LogP) is 4.25. The maximum atomic E-state index is 12.9. The molecule has 3 rings (SSSR count). The number of carbonyl (C=O) groups excluding carboxylic acids is 1. The smallest absolute Gasteiger partial charge is 0.272 e. The quantitative estimate of drug-likeness (QED) is 0.704. The largest absolute Gasteiger partial charge is 0.347 e. The van der Waals surface area contributed by atoms with E-state index in [1.54, 1.807) is 30.3 Å². The molecule has 0 saturated carbocycles. The lowest BCUT2D eigenvalue weighted by Crippen LogP contribution is -2.24. The molecule has 3 aromatic rings. The van der Waals surface area contributed by atoms with Gasteiger partial charge in [-0.2, -0.15) is 0 Å². The van der Waals surface area contributed by atoms with Crippen LogP contribution in [0.1, 0.15) is 21.6 Å². The van der Waals surface area contributed by atoms with Crippen LogP contribution >= 0.6 is 11.6 Å². The highest BCUT2D eigenvalue weighted by Crippen LogP contribution is 2.22. The molecule has 1 heterocycles. The minimum absolute atomic E-state index is 0.200. The summed E-state index contributed by atoms with van der Waals surface area (Å²) >= 11 is 5.94. The van der Waals surface area contributed by atoms with Gasteiger partial charge in [-0.15, -0.1) is 10.2 Å². The number of hydrogen-bond acceptors (Lipinski definition) is 4. The number of anilines is 2. The van der Waals surface area contributed by atoms with Crippen molar-refractivity contribution in [2.45, 2.75) is 13.5 Å². The average molecular weight is 371 g/mol. The third-order valence-corrected chi connectivity index (χ3v) is 3.95. The van der Waals surface area contributed by atoms with E-state index in [1.165, 1.54) is 12.1 Å². The van der Waals surface area contributed by atoms with Crippen LogP contribution in [0, 0.1) is 12.7 Å². The van der Waals surface area contributed by atoms with Gasteiger partial charge >= 0.3 is 0 Å². The third kappa shape index (κ3) is 4.55. The summed E-state index contributed by atoms with van der Waals surface area (Å²) in [5.74, 6) is -0.147. The van der Waals surface area contributed by atoms with Crippen LogP contribution in [0.2, 0.25) is 5.02 Å². The summed E-state index contributed by atoms with van der Waals surface area (Å²) in [5.41, 5.74) is 2.83. The number of benzene rings is 2. The zero-order valence-corrected chi connectivity index (χ0v) is 14.7. The first-order valence-electron chi connectivity index (χ1n) is 7.91. The van der Waals surface area contributed by atoms with Crippen molar-refractivity contribution in [1.29, 1.82) is 0 Å². The molecule has 2 aromatic carbocycles. The standard InChI is InChI=1S/C19H16ClFN4O/c1-12-10-14(20)4-7-16(12)23-18-9-8-17(24-25-18)19(26)22-11-13-2-5-15(21)6-3-13/h2-10H,11H2,1H3,(H,22,26)(H,23,25). The molecular weight excluding hydrogens is 355 g/mol. The highest BCUT2D eigenvalue weighted by atomic mass is 35.5. The molecule has 0 spiro atoms. The number of rotatable bonds is 5. The van der Waals surface area contributed by atoms with Crippen molar-refractivity contribution in [2.24, 2.45) is 0 Å². The Morgan fingerprint density at radius 2 is 1.85 bits per heavy atom. The molecule has 1 aromatic heterocycles. The maximum Gasteiger partial charge on any atom is 0.272 e. The van der Waals surface area contributed by atoms with Gasteiger partial charge in [0.2, 0.25) is 0 Å². The summed E-state index contributed by atoms with van der Waals surface area (Å²) in [6.45, 7) is 2.21. The Morgan fingerprint density at radius 3 is 2.50 bits per heavy atom. The molecule has 0 unspecified atom stereocenters. The molecule has 2 N–H and O–H groups in total. The van der Waals surface area contributed by atoms with Crippen LogP contribution in [-0.2, 0) is 6.54 Å². The third-order valence-electron chi connectivity index (χ3n) is 3.71. The fraction of sp³-hybridized carbons (Fsp3) is 0.105. The molecule has 0 aliphatic heterocycles. The topological polar surface area (TPSA) is 66.9 Å². The van der Waals surface area contributed by atoms with E-state index in [0.29, 0.717) is 10.8 Å². The van der Waals surface area contributed by atoms with Gasteiger partial charge in [-0.05, 0) is 60.5 Å². The van der Waals surface area contributed by atoms with E-state index in [2.05, 4.69) is 20.8 Å². The Balaban J connectivity index is 1.61. The fourth-order valence-corrected chi connectivity index (χ4v) is 2.53. The van der Waals surface area contributed by atoms with Gasteiger partial charge in [0.1, 0.15) is 5.82 Å². The van der Waals surface area contributed by atoms with Gasteiger partial charge in [0.15, 0.2) is 11.5 Å². The first kappa shape index (κ1) is 17.8. The van der Waals surface area contributed by atoms with Crippen LogP contribution in [0.3, 0.4) is 0 Å². The van der Waals surface area contributed by atoms with E-state index >= 15 is 0 Å². The van der Waals surface area contributed by atoms with Gasteiger partial charge in [-0.25, -0.2) is 4.39 Å². The number of aryl methyl sites for hydroxylation is 1. The molecule has 0 radical (unpaired) electrons. The Morgan fingerprint density at radius 1 is 1.08 bits per heavy atom. The van der Waals surface area contributed by atoms with Crippen molar-refractivity contribution < 1.29 is 9.18 Å². The predicted molar refractivity (Wildman–Crippen MR) is 99.1 cm³/mol. The lowest BCUT2D eigenvalue weighted by molar-refractivity contribution is 0.0945. The highest BCUT2D eigenvalue weighted by molar-refractivity contribution is 6.30. The summed E-state index contributed by atoms with van der Waals surface area (Å²) in [5, 5.41) is 14.5. The van der Waals surface area contributed by atoms with Gasteiger partial charge in [0, 0.05) is 17.3 Å². The van der Waals surface area contributed by atoms with Crippen molar-refractivity contribution in [3.63, 3.8) is 0 Å². The molecule has 0 atom stereocenters. The zero-order valence-electron chi connectivity index (χ0n) is 14.0. The fourth-order valence-electron chi connectivity index (χ4n) is 2.30. The number of hydrogen-bond donors (Lipinski definition) is 2. The average Bonchev–Trinajstić information content (AvgIpc) is 2.64. The van der Waals surface area contributed by atoms with E-state index in [4.69, 9.17) is 11.6 Å². The van der Waals surface area contributed by atoms with Crippen LogP contribution in [0.25, 0.3) is 0 Å². The van der Waals surface area contributed by atoms with E-state index in [9.17, 15) is 9.18 Å². The van der Waals surface area contributed by atoms with Crippen molar-refractivity contribution in [1.82, 2.24) is 15.5 Å². The number of amides is 1. The Kier molecular flexibility index (Phi) is 5.43. The minimum Gasteiger partial charge on any atom is -0.347 e. The number of nitrogens with one attached hydrogen (secondary N) is 2. The van der Waals surface area contributed by atoms with Crippen LogP contribution in [0.15, 0.2) is 54.6 Å². The molecule has 1 amide bonds. The van der Waals surface area contributed by atoms with E-state index in [1.807, 2.05) is 19.1 Å². The summed E-state index contributed by atoms with van der Waals surface area (Å²) in [6, 6.07) is 14.7. The summed E-state index contributed by atoms with van der Waals surface area (Å²) in [4.78, 5) is 12.1. The number of nitrogens with zero attached hydrogens (tertiary/aromatic N) is 2. The number of halogens is 2. The maximum absolute atomic E-state index is 12.9. The van der Waals surface area contributed by atoms with Crippen LogP contribution < -0.4 is 10.6 Å². The second-order valence-corrected chi connectivity index (χ2v) is 6.13. The summed E-state index contributed by atoms with van der Waals surface area (Å²) in [6.07, 6.45) is 0. The zero-order chi connectivity index (χ0) is 18.5. The van der Waals surface area contributed by atoms with Gasteiger partial charge in [0.05, 0.1) is 0 Å². The molecule has 7 heteroatoms. The summed E-state index contributed by atoms with van der Waals surface area (Å²) in [7, 11) is 0. The normalized spacial score (nSPS) is 10.4. The minimum atomic E-state index is -0.351. The second-order valence-electron chi connectivity index (χ2n) is 5.70. The van der Waals surface area contributed by atoms with Crippen molar-refractivity contribution >= 4 is 29.0 Å². The Bertz CT molecular complexity index is 914. The lowest BCUT2D eigenvalue weighted by Gasteiger charge is -2.09. The van der Waals surface area contributed by atoms with E-state index in [-0.39, 0.29) is 24.0 Å². The van der Waals surface area contributed by atoms with Gasteiger partial charge < -0.3 is 10.6 Å². The van der Waals surface area contributed by atoms with Crippen molar-refractivity contribution in [3.05, 3.63) is 82.3 Å². The SMILES string of the molecule is Cc1cc(Cl)ccc1Nc1ccc(C(=O)NCc2ccc(F)cc2)nn1. The molecule has 0 fully saturated rings. The van der Waals surface area contributed by atoms with Crippen LogP contribution in [0.5, 0.6) is 0 Å². The Labute approximate surface area is 155 Å². The second kappa shape index (κ2) is 7.93. The summed E-state index contributed by atoms with van der Waals surface area (Å²) < 4.78 is 12.9. The molecule has 0 aliphatic carbocycles. The van der Waals surface area contributed by atoms with Crippen molar-refractivity contribution in [3.8, 4) is 0 Å². The highest BCUT2D eigenvalue weighted by Gasteiger charge is 2.09. The van der Waals surface area contributed by atoms with Crippen LogP contribution in [0.4, 0.5) is 15.9 Å². The number of aromatic nitrogens is 2. The monoisotopic (exact) mass is 370 g/mol. The van der Waals surface area contributed by atoms with E-state index in [0.717, 1.165) is 16.8 Å². The van der Waals surface area contributed by atoms with Crippen molar-refractivity contribution in [2.75, 3.05) is 5.32 Å². The van der Waals surface area contributed by atoms with Gasteiger partial charge in [-0.1, -0.05) is 23.7 Å². The lowest BCUT2D eigenvalue weighted by atomic mass is 10.2. The Hall–Kier alpha value is -2.99. The first-order chi connectivity index (χ1) is 12.5. The van der Waals surface area contributed by atoms with Gasteiger partial charge in [-0.3, -0.25) is 4.79 Å². The molecular formula is C19H16ClFN4O. The molecule has 0 saturated heterocycles. The molecule has 132 valence electrons. The molecule has 0 aliphatic rings.